The first-order chi connectivity index (χ1) is 24.0. The van der Waals surface area contributed by atoms with Crippen LogP contribution in [0.1, 0.15) is 17.0 Å². The molecule has 5 aromatic rings. The summed E-state index contributed by atoms with van der Waals surface area (Å²) < 4.78 is 69.4. The van der Waals surface area contributed by atoms with Crippen molar-refractivity contribution in [2.24, 2.45) is 0 Å². The molecule has 0 unspecified atom stereocenters. The second-order valence-electron chi connectivity index (χ2n) is 10.2. The molecule has 0 aliphatic carbocycles. The highest BCUT2D eigenvalue weighted by Gasteiger charge is 2.38. The van der Waals surface area contributed by atoms with E-state index in [9.17, 15) is 31.1 Å². The smallest absolute Gasteiger partial charge is 0.490 e. The monoisotopic (exact) mass is 721 g/mol. The van der Waals surface area contributed by atoms with Crippen molar-refractivity contribution in [2.45, 2.75) is 31.6 Å². The predicted molar refractivity (Wildman–Crippen MR) is 169 cm³/mol. The van der Waals surface area contributed by atoms with Crippen LogP contribution in [-0.2, 0) is 33.6 Å². The molecule has 0 aliphatic rings. The van der Waals surface area contributed by atoms with Gasteiger partial charge in [0, 0.05) is 37.1 Å². The molecule has 0 fully saturated rings. The average molecular weight is 722 g/mol. The molecule has 5 rings (SSSR count). The van der Waals surface area contributed by atoms with Gasteiger partial charge in [-0.15, -0.1) is 0 Å². The number of halogens is 6. The molecule has 0 saturated heterocycles. The summed E-state index contributed by atoms with van der Waals surface area (Å²) in [5.41, 5.74) is 11.2. The molecule has 13 nitrogen and oxygen atoms in total. The van der Waals surface area contributed by atoms with Crippen molar-refractivity contribution in [3.05, 3.63) is 96.2 Å². The SMILES string of the molecule is Nc1nccc(-c2ccc3nc(CCOc4ccc(CC(=O)NCCc5cccnc5)cc4)[nH]c3c2)n1.O=C(O)C(F)(F)F.O=C(O)C(F)(F)F. The van der Waals surface area contributed by atoms with E-state index in [0.717, 1.165) is 51.4 Å². The van der Waals surface area contributed by atoms with Crippen LogP contribution in [-0.4, -0.2) is 78.5 Å². The number of nitrogens with one attached hydrogen (secondary N) is 2. The van der Waals surface area contributed by atoms with Crippen molar-refractivity contribution in [2.75, 3.05) is 18.9 Å². The highest BCUT2D eigenvalue weighted by molar-refractivity contribution is 5.81. The minimum atomic E-state index is -5.08. The lowest BCUT2D eigenvalue weighted by Crippen LogP contribution is -2.27. The molecule has 2 aromatic carbocycles. The summed E-state index contributed by atoms with van der Waals surface area (Å²) in [6, 6.07) is 19.2. The molecule has 19 heteroatoms. The topological polar surface area (TPSA) is 206 Å². The number of hydrogen-bond acceptors (Lipinski definition) is 9. The second kappa shape index (κ2) is 17.9. The van der Waals surface area contributed by atoms with E-state index in [-0.39, 0.29) is 11.9 Å². The number of alkyl halides is 6. The Balaban J connectivity index is 0.000000424. The lowest BCUT2D eigenvalue weighted by atomic mass is 10.1. The number of H-pyrrole nitrogens is 1. The maximum absolute atomic E-state index is 12.2. The van der Waals surface area contributed by atoms with Crippen molar-refractivity contribution in [1.82, 2.24) is 30.2 Å². The van der Waals surface area contributed by atoms with E-state index in [4.69, 9.17) is 30.3 Å². The van der Waals surface area contributed by atoms with Crippen molar-refractivity contribution in [3.8, 4) is 17.0 Å². The Bertz CT molecular complexity index is 1880. The molecule has 3 heterocycles. The highest BCUT2D eigenvalue weighted by atomic mass is 19.4. The third-order valence-electron chi connectivity index (χ3n) is 6.34. The number of hydrogen-bond donors (Lipinski definition) is 5. The second-order valence-corrected chi connectivity index (χ2v) is 10.2. The van der Waals surface area contributed by atoms with Gasteiger partial charge in [-0.1, -0.05) is 24.3 Å². The summed E-state index contributed by atoms with van der Waals surface area (Å²) in [6.07, 6.45) is -3.25. The van der Waals surface area contributed by atoms with Gasteiger partial charge < -0.3 is 31.0 Å². The minimum absolute atomic E-state index is 0.00576. The number of fused-ring (bicyclic) bond motifs is 1. The number of carbonyl (C=O) groups is 3. The Morgan fingerprint density at radius 3 is 2.10 bits per heavy atom. The van der Waals surface area contributed by atoms with E-state index >= 15 is 0 Å². The summed E-state index contributed by atoms with van der Waals surface area (Å²) >= 11 is 0. The number of carbonyl (C=O) groups excluding carboxylic acids is 1. The number of nitrogens with two attached hydrogens (primary N) is 1. The Morgan fingerprint density at radius 2 is 1.51 bits per heavy atom. The largest absolute Gasteiger partial charge is 0.493 e. The Hall–Kier alpha value is -6.27. The number of imidazole rings is 1. The summed E-state index contributed by atoms with van der Waals surface area (Å²) in [5, 5.41) is 17.2. The zero-order chi connectivity index (χ0) is 37.6. The number of amides is 1. The molecule has 0 saturated carbocycles. The number of nitrogen functional groups attached to an aromatic ring is 1. The first kappa shape index (κ1) is 39.2. The van der Waals surface area contributed by atoms with E-state index in [1.54, 1.807) is 12.4 Å². The van der Waals surface area contributed by atoms with Crippen molar-refractivity contribution < 1.29 is 55.7 Å². The van der Waals surface area contributed by atoms with E-state index in [1.165, 1.54) is 0 Å². The number of aromatic amines is 1. The summed E-state index contributed by atoms with van der Waals surface area (Å²) in [4.78, 5) is 50.3. The Labute approximate surface area is 284 Å². The van der Waals surface area contributed by atoms with Crippen LogP contribution in [0.15, 0.2) is 79.3 Å². The standard InChI is InChI=1S/C28H27N7O2.2C2HF3O2/c29-28-32-14-10-23(35-28)21-5-8-24-25(17-21)34-26(33-24)11-15-37-22-6-3-19(4-7-22)16-27(36)31-13-9-20-2-1-12-30-18-20;2*3-2(4,5)1(6)7/h1-8,10,12,14,17-18H,9,11,13,15-16H2,(H,31,36)(H,33,34)(H2,29,32,35);2*(H,6,7). The first-order valence-electron chi connectivity index (χ1n) is 14.6. The lowest BCUT2D eigenvalue weighted by Gasteiger charge is -2.08. The normalized spacial score (nSPS) is 11.0. The number of rotatable bonds is 10. The van der Waals surface area contributed by atoms with Crippen LogP contribution in [0.4, 0.5) is 32.3 Å². The third-order valence-corrected chi connectivity index (χ3v) is 6.34. The maximum atomic E-state index is 12.2. The molecule has 0 spiro atoms. The zero-order valence-corrected chi connectivity index (χ0v) is 26.2. The fraction of sp³-hybridized carbons (Fsp3) is 0.219. The first-order valence-corrected chi connectivity index (χ1v) is 14.6. The molecule has 0 atom stereocenters. The van der Waals surface area contributed by atoms with Crippen molar-refractivity contribution in [3.63, 3.8) is 0 Å². The van der Waals surface area contributed by atoms with Crippen LogP contribution >= 0.6 is 0 Å². The molecule has 51 heavy (non-hydrogen) atoms. The van der Waals surface area contributed by atoms with Gasteiger partial charge >= 0.3 is 24.3 Å². The molecular weight excluding hydrogens is 692 g/mol. The van der Waals surface area contributed by atoms with E-state index in [0.29, 0.717) is 26.0 Å². The quantitative estimate of drug-likeness (QED) is 0.124. The van der Waals surface area contributed by atoms with Gasteiger partial charge in [-0.25, -0.2) is 24.5 Å². The third kappa shape index (κ3) is 13.6. The number of carboxylic acid groups (broad SMARTS) is 2. The number of carboxylic acids is 2. The molecule has 0 aliphatic heterocycles. The molecule has 6 N–H and O–H groups in total. The fourth-order valence-corrected chi connectivity index (χ4v) is 3.98. The minimum Gasteiger partial charge on any atom is -0.493 e. The van der Waals surface area contributed by atoms with Gasteiger partial charge in [0.05, 0.1) is 29.8 Å². The van der Waals surface area contributed by atoms with Gasteiger partial charge in [0.15, 0.2) is 0 Å². The molecule has 0 bridgehead atoms. The summed E-state index contributed by atoms with van der Waals surface area (Å²) in [7, 11) is 0. The van der Waals surface area contributed by atoms with Crippen LogP contribution in [0.5, 0.6) is 5.75 Å². The van der Waals surface area contributed by atoms with Crippen molar-refractivity contribution >= 4 is 34.8 Å². The van der Waals surface area contributed by atoms with Gasteiger partial charge in [-0.05, 0) is 53.9 Å². The van der Waals surface area contributed by atoms with Gasteiger partial charge in [-0.2, -0.15) is 26.3 Å². The number of aliphatic carboxylic acids is 2. The summed E-state index contributed by atoms with van der Waals surface area (Å²) in [5.74, 6) is -3.68. The van der Waals surface area contributed by atoms with Gasteiger partial charge in [-0.3, -0.25) is 9.78 Å². The predicted octanol–water partition coefficient (Wildman–Crippen LogP) is 4.79. The number of anilines is 1. The lowest BCUT2D eigenvalue weighted by molar-refractivity contribution is -0.193. The molecule has 1 amide bonds. The number of aromatic nitrogens is 5. The highest BCUT2D eigenvalue weighted by Crippen LogP contribution is 2.22. The van der Waals surface area contributed by atoms with Crippen LogP contribution < -0.4 is 15.8 Å². The number of benzene rings is 2. The van der Waals surface area contributed by atoms with E-state index in [1.807, 2.05) is 66.9 Å². The fourth-order valence-electron chi connectivity index (χ4n) is 3.98. The zero-order valence-electron chi connectivity index (χ0n) is 26.2. The summed E-state index contributed by atoms with van der Waals surface area (Å²) in [6.45, 7) is 1.06. The van der Waals surface area contributed by atoms with Crippen molar-refractivity contribution in [1.29, 1.82) is 0 Å². The molecule has 3 aromatic heterocycles. The maximum Gasteiger partial charge on any atom is 0.490 e. The van der Waals surface area contributed by atoms with Gasteiger partial charge in [0.1, 0.15) is 11.6 Å². The molecule has 0 radical (unpaired) electrons. The average Bonchev–Trinajstić information content (AvgIpc) is 3.48. The number of pyridine rings is 1. The molecule has 270 valence electrons. The van der Waals surface area contributed by atoms with Crippen LogP contribution in [0.3, 0.4) is 0 Å². The number of nitrogens with zero attached hydrogens (tertiary/aromatic N) is 4. The van der Waals surface area contributed by atoms with E-state index < -0.39 is 24.3 Å². The Morgan fingerprint density at radius 1 is 0.843 bits per heavy atom. The van der Waals surface area contributed by atoms with E-state index in [2.05, 4.69) is 30.2 Å². The molecular formula is C32H29F6N7O6. The number of ether oxygens (including phenoxy) is 1. The van der Waals surface area contributed by atoms with Gasteiger partial charge in [0.25, 0.3) is 0 Å². The van der Waals surface area contributed by atoms with Crippen LogP contribution in [0.25, 0.3) is 22.3 Å². The van der Waals surface area contributed by atoms with Crippen LogP contribution in [0.2, 0.25) is 0 Å². The van der Waals surface area contributed by atoms with Gasteiger partial charge in [0.2, 0.25) is 11.9 Å². The van der Waals surface area contributed by atoms with Crippen LogP contribution in [0, 0.1) is 0 Å². The Kier molecular flexibility index (Phi) is 13.8.